The number of unbranched alkanes of at least 4 members (excludes halogenated alkanes) is 6. The first-order valence-corrected chi connectivity index (χ1v) is 12.7. The lowest BCUT2D eigenvalue weighted by Crippen LogP contribution is -2.34. The number of carbonyl (C=O) groups excluding carboxylic acids is 1. The number of phenols is 1. The Morgan fingerprint density at radius 2 is 1.71 bits per heavy atom. The summed E-state index contributed by atoms with van der Waals surface area (Å²) in [7, 11) is 0. The van der Waals surface area contributed by atoms with Crippen LogP contribution in [0.25, 0.3) is 10.2 Å². The first-order chi connectivity index (χ1) is 14.9. The van der Waals surface area contributed by atoms with Crippen LogP contribution in [0.4, 0.5) is 0 Å². The summed E-state index contributed by atoms with van der Waals surface area (Å²) in [4.78, 5) is 29.3. The van der Waals surface area contributed by atoms with Gasteiger partial charge >= 0.3 is 11.9 Å². The molecule has 2 rings (SSSR count). The van der Waals surface area contributed by atoms with E-state index in [9.17, 15) is 19.8 Å². The van der Waals surface area contributed by atoms with E-state index >= 15 is 0 Å². The lowest BCUT2D eigenvalue weighted by atomic mass is 9.75. The molecule has 2 aromatic rings. The molecule has 0 aliphatic carbocycles. The lowest BCUT2D eigenvalue weighted by molar-refractivity contribution is -0.153. The maximum absolute atomic E-state index is 13.2. The summed E-state index contributed by atoms with van der Waals surface area (Å²) in [5.74, 6) is -1.31. The molecule has 0 aliphatic rings. The third-order valence-electron chi connectivity index (χ3n) is 5.50. The Bertz CT molecular complexity index is 840. The van der Waals surface area contributed by atoms with Crippen LogP contribution in [0.3, 0.4) is 0 Å². The SMILES string of the molecule is CCCCCCC(CCCCCC)(CC(=O)O)C(=O)OSc1nc2cccc(O)c2s1. The highest BCUT2D eigenvalue weighted by Crippen LogP contribution is 2.41. The minimum Gasteiger partial charge on any atom is -0.506 e. The Balaban J connectivity index is 2.13. The third-order valence-corrected chi connectivity index (χ3v) is 7.31. The number of benzene rings is 1. The van der Waals surface area contributed by atoms with E-state index < -0.39 is 17.4 Å². The Labute approximate surface area is 192 Å². The molecule has 172 valence electrons. The maximum Gasteiger partial charge on any atom is 0.325 e. The number of carboxylic acids is 1. The smallest absolute Gasteiger partial charge is 0.325 e. The average molecular weight is 468 g/mol. The topological polar surface area (TPSA) is 96.7 Å². The Hall–Kier alpha value is -1.80. The molecule has 2 N–H and O–H groups in total. The molecule has 0 spiro atoms. The van der Waals surface area contributed by atoms with Crippen molar-refractivity contribution in [3.05, 3.63) is 18.2 Å². The summed E-state index contributed by atoms with van der Waals surface area (Å²) >= 11 is 2.11. The van der Waals surface area contributed by atoms with Crippen LogP contribution in [0.1, 0.15) is 84.5 Å². The largest absolute Gasteiger partial charge is 0.506 e. The molecular weight excluding hydrogens is 434 g/mol. The van der Waals surface area contributed by atoms with Crippen molar-refractivity contribution in [2.24, 2.45) is 5.41 Å². The number of aliphatic carboxylic acids is 1. The minimum atomic E-state index is -1.01. The molecule has 0 atom stereocenters. The number of aromatic nitrogens is 1. The summed E-state index contributed by atoms with van der Waals surface area (Å²) in [6.45, 7) is 4.24. The second-order valence-corrected chi connectivity index (χ2v) is 10.0. The summed E-state index contributed by atoms with van der Waals surface area (Å²) in [5.41, 5.74) is -0.376. The summed E-state index contributed by atoms with van der Waals surface area (Å²) in [6, 6.07) is 5.08. The van der Waals surface area contributed by atoms with Gasteiger partial charge in [0.25, 0.3) is 0 Å². The van der Waals surface area contributed by atoms with E-state index in [0.717, 1.165) is 63.4 Å². The van der Waals surface area contributed by atoms with E-state index in [1.807, 2.05) is 0 Å². The molecule has 0 bridgehead atoms. The zero-order chi connectivity index (χ0) is 22.7. The van der Waals surface area contributed by atoms with Crippen LogP contribution in [0.2, 0.25) is 0 Å². The van der Waals surface area contributed by atoms with E-state index in [2.05, 4.69) is 18.8 Å². The van der Waals surface area contributed by atoms with Crippen molar-refractivity contribution < 1.29 is 24.0 Å². The van der Waals surface area contributed by atoms with Crippen molar-refractivity contribution in [2.45, 2.75) is 88.8 Å². The van der Waals surface area contributed by atoms with Gasteiger partial charge in [-0.3, -0.25) is 9.59 Å². The molecule has 8 heteroatoms. The van der Waals surface area contributed by atoms with E-state index in [1.54, 1.807) is 18.2 Å². The summed E-state index contributed by atoms with van der Waals surface area (Å²) in [5, 5.41) is 19.5. The highest BCUT2D eigenvalue weighted by atomic mass is 32.2. The number of carboxylic acid groups (broad SMARTS) is 1. The monoisotopic (exact) mass is 467 g/mol. The van der Waals surface area contributed by atoms with Gasteiger partial charge in [0.1, 0.15) is 17.8 Å². The van der Waals surface area contributed by atoms with Crippen molar-refractivity contribution in [1.82, 2.24) is 4.98 Å². The van der Waals surface area contributed by atoms with Crippen molar-refractivity contribution in [3.8, 4) is 5.75 Å². The third kappa shape index (κ3) is 7.68. The molecule has 1 aromatic carbocycles. The number of hydrogen-bond acceptors (Lipinski definition) is 7. The predicted octanol–water partition coefficient (Wildman–Crippen LogP) is 6.95. The Kier molecular flexibility index (Phi) is 10.6. The molecule has 0 amide bonds. The number of rotatable bonds is 15. The Morgan fingerprint density at radius 1 is 1.06 bits per heavy atom. The van der Waals surface area contributed by atoms with Gasteiger partial charge in [-0.25, -0.2) is 4.98 Å². The van der Waals surface area contributed by atoms with Gasteiger partial charge in [-0.1, -0.05) is 71.3 Å². The maximum atomic E-state index is 13.2. The molecule has 1 heterocycles. The van der Waals surface area contributed by atoms with Crippen LogP contribution in [0.5, 0.6) is 5.75 Å². The molecule has 0 saturated heterocycles. The molecule has 1 aromatic heterocycles. The van der Waals surface area contributed by atoms with Crippen LogP contribution in [-0.4, -0.2) is 27.1 Å². The van der Waals surface area contributed by atoms with E-state index in [1.165, 1.54) is 11.3 Å². The molecule has 6 nitrogen and oxygen atoms in total. The van der Waals surface area contributed by atoms with Gasteiger partial charge in [-0.15, -0.1) is 11.3 Å². The number of hydrogen-bond donors (Lipinski definition) is 2. The van der Waals surface area contributed by atoms with Crippen molar-refractivity contribution >= 4 is 45.5 Å². The van der Waals surface area contributed by atoms with E-state index in [4.69, 9.17) is 4.18 Å². The van der Waals surface area contributed by atoms with Gasteiger partial charge in [0.15, 0.2) is 4.34 Å². The van der Waals surface area contributed by atoms with Gasteiger partial charge in [0.05, 0.1) is 22.1 Å². The minimum absolute atomic E-state index is 0.139. The first-order valence-electron chi connectivity index (χ1n) is 11.1. The molecule has 0 saturated carbocycles. The fourth-order valence-electron chi connectivity index (χ4n) is 3.76. The van der Waals surface area contributed by atoms with Crippen LogP contribution in [0, 0.1) is 5.41 Å². The van der Waals surface area contributed by atoms with Crippen LogP contribution >= 0.6 is 23.4 Å². The standard InChI is InChI=1S/C23H33NO5S2/c1-3-5-7-9-14-23(16-19(26)27,15-10-8-6-4-2)21(28)29-31-22-24-17-12-11-13-18(25)20(17)30-22/h11-13,25H,3-10,14-16H2,1-2H3,(H,26,27). The number of fused-ring (bicyclic) bond motifs is 1. The van der Waals surface area contributed by atoms with Gasteiger partial charge in [-0.05, 0) is 25.0 Å². The van der Waals surface area contributed by atoms with Gasteiger partial charge in [0.2, 0.25) is 0 Å². The van der Waals surface area contributed by atoms with Gasteiger partial charge < -0.3 is 14.4 Å². The molecule has 0 radical (unpaired) electrons. The summed E-state index contributed by atoms with van der Waals surface area (Å²) < 4.78 is 6.70. The summed E-state index contributed by atoms with van der Waals surface area (Å²) in [6.07, 6.45) is 8.68. The van der Waals surface area contributed by atoms with E-state index in [-0.39, 0.29) is 12.2 Å². The second kappa shape index (κ2) is 12.9. The second-order valence-electron chi connectivity index (χ2n) is 8.03. The number of carbonyl (C=O) groups is 2. The van der Waals surface area contributed by atoms with Crippen molar-refractivity contribution in [3.63, 3.8) is 0 Å². The zero-order valence-electron chi connectivity index (χ0n) is 18.4. The van der Waals surface area contributed by atoms with E-state index in [0.29, 0.717) is 27.4 Å². The predicted molar refractivity (Wildman–Crippen MR) is 125 cm³/mol. The van der Waals surface area contributed by atoms with Crippen LogP contribution in [0.15, 0.2) is 22.5 Å². The zero-order valence-corrected chi connectivity index (χ0v) is 20.0. The quantitative estimate of drug-likeness (QED) is 0.216. The Morgan fingerprint density at radius 3 is 2.26 bits per heavy atom. The number of thiazole rings is 1. The average Bonchev–Trinajstić information content (AvgIpc) is 3.16. The molecule has 0 fully saturated rings. The van der Waals surface area contributed by atoms with Crippen molar-refractivity contribution in [1.29, 1.82) is 0 Å². The molecule has 0 aliphatic heterocycles. The fourth-order valence-corrected chi connectivity index (χ4v) is 5.42. The van der Waals surface area contributed by atoms with Gasteiger partial charge in [-0.2, -0.15) is 0 Å². The number of nitrogens with zero attached hydrogens (tertiary/aromatic N) is 1. The van der Waals surface area contributed by atoms with Crippen molar-refractivity contribution in [2.75, 3.05) is 0 Å². The number of phenolic OH excluding ortho intramolecular Hbond substituents is 1. The number of aromatic hydroxyl groups is 1. The molecular formula is C23H33NO5S2. The fraction of sp³-hybridized carbons (Fsp3) is 0.609. The molecule has 0 unspecified atom stereocenters. The molecule has 31 heavy (non-hydrogen) atoms. The van der Waals surface area contributed by atoms with Crippen LogP contribution < -0.4 is 0 Å². The highest BCUT2D eigenvalue weighted by Gasteiger charge is 2.41. The normalized spacial score (nSPS) is 11.7. The van der Waals surface area contributed by atoms with Gasteiger partial charge in [0, 0.05) is 0 Å². The lowest BCUT2D eigenvalue weighted by Gasteiger charge is -2.29. The van der Waals surface area contributed by atoms with Crippen LogP contribution in [-0.2, 0) is 13.8 Å². The first kappa shape index (κ1) is 25.5. The highest BCUT2D eigenvalue weighted by molar-refractivity contribution is 7.97.